The molecule has 31 heavy (non-hydrogen) atoms. The number of hydrogen-bond acceptors (Lipinski definition) is 6. The topological polar surface area (TPSA) is 119 Å². The molecule has 3 heterocycles. The maximum absolute atomic E-state index is 11.5. The van der Waals surface area contributed by atoms with Gasteiger partial charge in [0, 0.05) is 36.0 Å². The summed E-state index contributed by atoms with van der Waals surface area (Å²) in [6.45, 7) is 2.07. The van der Waals surface area contributed by atoms with E-state index in [-0.39, 0.29) is 11.5 Å². The molecule has 0 fully saturated rings. The average Bonchev–Trinajstić information content (AvgIpc) is 2.73. The van der Waals surface area contributed by atoms with Crippen molar-refractivity contribution in [1.82, 2.24) is 0 Å². The Balaban J connectivity index is 1.48. The van der Waals surface area contributed by atoms with E-state index in [9.17, 15) is 13.2 Å². The molecule has 0 bridgehead atoms. The molecular formula is C22H30N2O6S. The van der Waals surface area contributed by atoms with Crippen LogP contribution in [-0.4, -0.2) is 37.7 Å². The van der Waals surface area contributed by atoms with Crippen molar-refractivity contribution in [3.05, 3.63) is 28.5 Å². The number of primary amides is 1. The molecule has 0 radical (unpaired) electrons. The van der Waals surface area contributed by atoms with Crippen LogP contribution in [0, 0.1) is 0 Å². The predicted molar refractivity (Wildman–Crippen MR) is 117 cm³/mol. The molecule has 1 aromatic rings. The lowest BCUT2D eigenvalue weighted by molar-refractivity contribution is -0.175. The van der Waals surface area contributed by atoms with E-state index >= 15 is 0 Å². The number of rotatable bonds is 9. The van der Waals surface area contributed by atoms with Crippen LogP contribution in [0.5, 0.6) is 5.75 Å². The molecule has 0 aliphatic carbocycles. The number of nitrogens with zero attached hydrogens (tertiary/aromatic N) is 1. The molecule has 1 atom stereocenters. The molecule has 3 aliphatic rings. The fourth-order valence-electron chi connectivity index (χ4n) is 5.01. The first-order valence-electron chi connectivity index (χ1n) is 11.1. The molecule has 1 aromatic carbocycles. The Labute approximate surface area is 183 Å². The van der Waals surface area contributed by atoms with Gasteiger partial charge < -0.3 is 10.6 Å². The lowest BCUT2D eigenvalue weighted by Crippen LogP contribution is -2.36. The number of carbonyl (C=O) groups is 1. The second-order valence-electron chi connectivity index (χ2n) is 8.67. The minimum atomic E-state index is -3.86. The van der Waals surface area contributed by atoms with Crippen LogP contribution in [0.4, 0.5) is 5.69 Å². The third-order valence-electron chi connectivity index (χ3n) is 6.44. The van der Waals surface area contributed by atoms with Gasteiger partial charge in [-0.05, 0) is 49.7 Å². The molecule has 1 unspecified atom stereocenters. The van der Waals surface area contributed by atoms with Gasteiger partial charge in [0.25, 0.3) is 16.0 Å². The molecule has 0 saturated heterocycles. The van der Waals surface area contributed by atoms with E-state index in [1.54, 1.807) is 6.08 Å². The predicted octanol–water partition coefficient (Wildman–Crippen LogP) is 3.31. The van der Waals surface area contributed by atoms with E-state index in [4.69, 9.17) is 20.1 Å². The Bertz CT molecular complexity index is 988. The quantitative estimate of drug-likeness (QED) is 0.336. The minimum Gasteiger partial charge on any atom is -0.371 e. The zero-order valence-electron chi connectivity index (χ0n) is 17.6. The van der Waals surface area contributed by atoms with Crippen molar-refractivity contribution in [2.24, 2.45) is 5.73 Å². The fraction of sp³-hybridized carbons (Fsp3) is 0.591. The second kappa shape index (κ2) is 9.08. The van der Waals surface area contributed by atoms with Crippen molar-refractivity contribution >= 4 is 27.8 Å². The summed E-state index contributed by atoms with van der Waals surface area (Å²) in [5.74, 6) is 0.261. The first-order valence-corrected chi connectivity index (χ1v) is 12.7. The number of anilines is 1. The standard InChI is InChI=1S/C22H30N2O6S/c23-22(25)18-14-17-13-16-8-6-10-24-11-9-15(19(20(16)24)21(17)30-29-18)7-4-2-1-3-5-12-31(26,27)28/h13-15H,1-12H2,(H2,23,25)(H,26,27,28). The van der Waals surface area contributed by atoms with E-state index in [1.165, 1.54) is 16.8 Å². The van der Waals surface area contributed by atoms with Crippen LogP contribution in [0.1, 0.15) is 74.0 Å². The van der Waals surface area contributed by atoms with Gasteiger partial charge in [0.15, 0.2) is 5.75 Å². The van der Waals surface area contributed by atoms with Gasteiger partial charge in [0.2, 0.25) is 5.76 Å². The maximum Gasteiger partial charge on any atom is 0.289 e. The molecule has 0 aromatic heterocycles. The highest BCUT2D eigenvalue weighted by molar-refractivity contribution is 7.85. The Hall–Kier alpha value is -2.26. The van der Waals surface area contributed by atoms with E-state index in [1.807, 2.05) is 0 Å². The highest BCUT2D eigenvalue weighted by Gasteiger charge is 2.35. The van der Waals surface area contributed by atoms with Gasteiger partial charge in [0.1, 0.15) is 0 Å². The van der Waals surface area contributed by atoms with Crippen molar-refractivity contribution in [3.8, 4) is 5.75 Å². The summed E-state index contributed by atoms with van der Waals surface area (Å²) in [6.07, 6.45) is 10.2. The molecular weight excluding hydrogens is 420 g/mol. The smallest absolute Gasteiger partial charge is 0.289 e. The van der Waals surface area contributed by atoms with Crippen molar-refractivity contribution < 1.29 is 27.5 Å². The van der Waals surface area contributed by atoms with Gasteiger partial charge in [-0.2, -0.15) is 8.42 Å². The largest absolute Gasteiger partial charge is 0.371 e. The molecule has 9 heteroatoms. The van der Waals surface area contributed by atoms with Gasteiger partial charge >= 0.3 is 0 Å². The van der Waals surface area contributed by atoms with Crippen molar-refractivity contribution in [2.45, 2.75) is 63.7 Å². The first-order chi connectivity index (χ1) is 14.8. The SMILES string of the molecule is NC(=O)C1=Cc2cc3c4c(c2OO1)C(CCCCCCCS(=O)(=O)O)CCN4CCC3. The molecule has 4 rings (SSSR count). The summed E-state index contributed by atoms with van der Waals surface area (Å²) in [7, 11) is -3.86. The highest BCUT2D eigenvalue weighted by Crippen LogP contribution is 2.50. The minimum absolute atomic E-state index is 0.0181. The van der Waals surface area contributed by atoms with Crippen LogP contribution in [0.3, 0.4) is 0 Å². The molecule has 1 amide bonds. The summed E-state index contributed by atoms with van der Waals surface area (Å²) < 4.78 is 30.4. The molecule has 0 spiro atoms. The number of aryl methyl sites for hydroxylation is 1. The monoisotopic (exact) mass is 450 g/mol. The van der Waals surface area contributed by atoms with Crippen molar-refractivity contribution in [2.75, 3.05) is 23.7 Å². The summed E-state index contributed by atoms with van der Waals surface area (Å²) in [5, 5.41) is 0. The molecule has 170 valence electrons. The molecule has 8 nitrogen and oxygen atoms in total. The van der Waals surface area contributed by atoms with Crippen molar-refractivity contribution in [3.63, 3.8) is 0 Å². The van der Waals surface area contributed by atoms with E-state index in [0.29, 0.717) is 18.1 Å². The number of carbonyl (C=O) groups excluding carboxylic acids is 1. The summed E-state index contributed by atoms with van der Waals surface area (Å²) in [6, 6.07) is 2.10. The molecule has 0 saturated carbocycles. The number of fused-ring (bicyclic) bond motifs is 2. The van der Waals surface area contributed by atoms with Gasteiger partial charge in [-0.1, -0.05) is 25.7 Å². The number of amides is 1. The van der Waals surface area contributed by atoms with Crippen LogP contribution in [0.25, 0.3) is 6.08 Å². The third kappa shape index (κ3) is 4.98. The van der Waals surface area contributed by atoms with Gasteiger partial charge in [-0.3, -0.25) is 19.1 Å². The van der Waals surface area contributed by atoms with Gasteiger partial charge in [0.05, 0.1) is 5.75 Å². The second-order valence-corrected chi connectivity index (χ2v) is 10.2. The number of benzene rings is 1. The number of unbranched alkanes of at least 4 members (excludes halogenated alkanes) is 4. The van der Waals surface area contributed by atoms with Crippen LogP contribution in [-0.2, 0) is 26.2 Å². The first kappa shape index (κ1) is 22.0. The number of nitrogens with two attached hydrogens (primary N) is 1. The average molecular weight is 451 g/mol. The number of hydrogen-bond donors (Lipinski definition) is 2. The summed E-state index contributed by atoms with van der Waals surface area (Å²) >= 11 is 0. The molecule has 3 aliphatic heterocycles. The maximum atomic E-state index is 11.5. The lowest BCUT2D eigenvalue weighted by Gasteiger charge is -2.41. The van der Waals surface area contributed by atoms with Crippen molar-refractivity contribution in [1.29, 1.82) is 0 Å². The Kier molecular flexibility index (Phi) is 6.43. The lowest BCUT2D eigenvalue weighted by atomic mass is 9.80. The van der Waals surface area contributed by atoms with Crippen LogP contribution in [0.2, 0.25) is 0 Å². The van der Waals surface area contributed by atoms with Gasteiger partial charge in [-0.15, -0.1) is 0 Å². The third-order valence-corrected chi connectivity index (χ3v) is 7.25. The van der Waals surface area contributed by atoms with E-state index < -0.39 is 16.0 Å². The van der Waals surface area contributed by atoms with Gasteiger partial charge in [-0.25, -0.2) is 0 Å². The Morgan fingerprint density at radius 1 is 1.16 bits per heavy atom. The van der Waals surface area contributed by atoms with Crippen LogP contribution in [0.15, 0.2) is 11.8 Å². The molecule has 3 N–H and O–H groups in total. The Morgan fingerprint density at radius 3 is 2.71 bits per heavy atom. The summed E-state index contributed by atoms with van der Waals surface area (Å²) in [5.41, 5.74) is 9.97. The van der Waals surface area contributed by atoms with Crippen LogP contribution < -0.4 is 15.5 Å². The zero-order valence-corrected chi connectivity index (χ0v) is 18.5. The Morgan fingerprint density at radius 2 is 1.94 bits per heavy atom. The zero-order chi connectivity index (χ0) is 22.0. The summed E-state index contributed by atoms with van der Waals surface area (Å²) in [4.78, 5) is 24.8. The highest BCUT2D eigenvalue weighted by atomic mass is 32.2. The normalized spacial score (nSPS) is 19.6. The fourth-order valence-corrected chi connectivity index (χ4v) is 5.58. The van der Waals surface area contributed by atoms with E-state index in [0.717, 1.165) is 70.0 Å². The van der Waals surface area contributed by atoms with Crippen LogP contribution >= 0.6 is 0 Å². The van der Waals surface area contributed by atoms with E-state index in [2.05, 4.69) is 11.0 Å².